The molecule has 1 rings (SSSR count). The van der Waals surface area contributed by atoms with Crippen molar-refractivity contribution in [2.24, 2.45) is 17.6 Å². The van der Waals surface area contributed by atoms with Gasteiger partial charge < -0.3 is 15.5 Å². The van der Waals surface area contributed by atoms with Gasteiger partial charge in [-0.3, -0.25) is 0 Å². The number of rotatable bonds is 7. The van der Waals surface area contributed by atoms with Crippen molar-refractivity contribution in [2.45, 2.75) is 45.6 Å². The zero-order valence-corrected chi connectivity index (χ0v) is 12.9. The molecule has 18 heavy (non-hydrogen) atoms. The lowest BCUT2D eigenvalue weighted by Gasteiger charge is -2.36. The second-order valence-corrected chi connectivity index (χ2v) is 6.45. The molecule has 0 aliphatic heterocycles. The molecule has 0 spiro atoms. The number of hydrogen-bond acceptors (Lipinski definition) is 3. The quantitative estimate of drug-likeness (QED) is 0.755. The molecule has 3 atom stereocenters. The van der Waals surface area contributed by atoms with Crippen LogP contribution in [0.2, 0.25) is 0 Å². The standard InChI is InChI=1S/C15H33N3/c1-5-8-18(10-9-17(3)4)12-14-11-13(2)6-7-15(14)16/h13-15H,5-12,16H2,1-4H3. The Bertz CT molecular complexity index is 218. The summed E-state index contributed by atoms with van der Waals surface area (Å²) >= 11 is 0. The Morgan fingerprint density at radius 1 is 1.11 bits per heavy atom. The molecule has 0 aromatic heterocycles. The molecule has 0 amide bonds. The lowest BCUT2D eigenvalue weighted by molar-refractivity contribution is 0.153. The summed E-state index contributed by atoms with van der Waals surface area (Å²) in [5, 5.41) is 0. The first kappa shape index (κ1) is 15.9. The van der Waals surface area contributed by atoms with Crippen LogP contribution in [-0.4, -0.2) is 56.1 Å². The second-order valence-electron chi connectivity index (χ2n) is 6.45. The van der Waals surface area contributed by atoms with Crippen molar-refractivity contribution in [1.29, 1.82) is 0 Å². The third kappa shape index (κ3) is 5.68. The van der Waals surface area contributed by atoms with E-state index in [1.807, 2.05) is 0 Å². The molecule has 3 unspecified atom stereocenters. The SMILES string of the molecule is CCCN(CCN(C)C)CC1CC(C)CCC1N. The fourth-order valence-electron chi connectivity index (χ4n) is 3.02. The summed E-state index contributed by atoms with van der Waals surface area (Å²) < 4.78 is 0. The minimum atomic E-state index is 0.430. The van der Waals surface area contributed by atoms with Crippen molar-refractivity contribution in [3.63, 3.8) is 0 Å². The van der Waals surface area contributed by atoms with Gasteiger partial charge in [0.2, 0.25) is 0 Å². The number of nitrogens with zero attached hydrogens (tertiary/aromatic N) is 2. The molecule has 0 aromatic carbocycles. The highest BCUT2D eigenvalue weighted by Crippen LogP contribution is 2.28. The summed E-state index contributed by atoms with van der Waals surface area (Å²) in [6.45, 7) is 9.39. The second kappa shape index (κ2) is 8.13. The minimum absolute atomic E-state index is 0.430. The van der Waals surface area contributed by atoms with Crippen LogP contribution >= 0.6 is 0 Å². The summed E-state index contributed by atoms with van der Waals surface area (Å²) in [5.41, 5.74) is 6.30. The molecule has 2 N–H and O–H groups in total. The average Bonchev–Trinajstić information content (AvgIpc) is 2.31. The van der Waals surface area contributed by atoms with E-state index < -0.39 is 0 Å². The maximum absolute atomic E-state index is 6.30. The Balaban J connectivity index is 2.42. The predicted molar refractivity (Wildman–Crippen MR) is 79.8 cm³/mol. The maximum Gasteiger partial charge on any atom is 0.0109 e. The maximum atomic E-state index is 6.30. The van der Waals surface area contributed by atoms with Crippen LogP contribution in [0, 0.1) is 11.8 Å². The smallest absolute Gasteiger partial charge is 0.0109 e. The van der Waals surface area contributed by atoms with Crippen molar-refractivity contribution >= 4 is 0 Å². The van der Waals surface area contributed by atoms with Crippen molar-refractivity contribution in [3.8, 4) is 0 Å². The number of likely N-dealkylation sites (N-methyl/N-ethyl adjacent to an activating group) is 1. The highest BCUT2D eigenvalue weighted by molar-refractivity contribution is 4.83. The Morgan fingerprint density at radius 3 is 2.44 bits per heavy atom. The Kier molecular flexibility index (Phi) is 7.20. The van der Waals surface area contributed by atoms with E-state index in [2.05, 4.69) is 37.7 Å². The van der Waals surface area contributed by atoms with Crippen LogP contribution < -0.4 is 5.73 Å². The van der Waals surface area contributed by atoms with Crippen LogP contribution in [0.3, 0.4) is 0 Å². The third-order valence-electron chi connectivity index (χ3n) is 4.20. The first-order chi connectivity index (χ1) is 8.52. The molecule has 1 fully saturated rings. The monoisotopic (exact) mass is 255 g/mol. The molecular weight excluding hydrogens is 222 g/mol. The molecule has 0 aromatic rings. The van der Waals surface area contributed by atoms with Crippen molar-refractivity contribution in [2.75, 3.05) is 40.3 Å². The van der Waals surface area contributed by atoms with Crippen LogP contribution in [0.1, 0.15) is 39.5 Å². The van der Waals surface area contributed by atoms with Crippen molar-refractivity contribution in [1.82, 2.24) is 9.80 Å². The lowest BCUT2D eigenvalue weighted by atomic mass is 9.79. The summed E-state index contributed by atoms with van der Waals surface area (Å²) in [6, 6.07) is 0.430. The highest BCUT2D eigenvalue weighted by atomic mass is 15.2. The first-order valence-corrected chi connectivity index (χ1v) is 7.65. The number of nitrogens with two attached hydrogens (primary N) is 1. The van der Waals surface area contributed by atoms with Gasteiger partial charge in [-0.05, 0) is 58.2 Å². The lowest BCUT2D eigenvalue weighted by Crippen LogP contribution is -2.44. The molecule has 108 valence electrons. The van der Waals surface area contributed by atoms with Crippen molar-refractivity contribution < 1.29 is 0 Å². The molecule has 0 saturated heterocycles. The third-order valence-corrected chi connectivity index (χ3v) is 4.20. The summed E-state index contributed by atoms with van der Waals surface area (Å²) in [5.74, 6) is 1.58. The average molecular weight is 255 g/mol. The summed E-state index contributed by atoms with van der Waals surface area (Å²) in [6.07, 6.45) is 5.11. The zero-order chi connectivity index (χ0) is 13.5. The van der Waals surface area contributed by atoms with Crippen LogP contribution in [-0.2, 0) is 0 Å². The highest BCUT2D eigenvalue weighted by Gasteiger charge is 2.27. The normalized spacial score (nSPS) is 29.2. The van der Waals surface area contributed by atoms with Crippen molar-refractivity contribution in [3.05, 3.63) is 0 Å². The van der Waals surface area contributed by atoms with Gasteiger partial charge in [-0.2, -0.15) is 0 Å². The molecule has 0 heterocycles. The zero-order valence-electron chi connectivity index (χ0n) is 12.9. The topological polar surface area (TPSA) is 32.5 Å². The predicted octanol–water partition coefficient (Wildman–Crippen LogP) is 2.02. The van der Waals surface area contributed by atoms with Gasteiger partial charge in [0, 0.05) is 25.7 Å². The Labute approximate surface area is 114 Å². The van der Waals surface area contributed by atoms with E-state index in [4.69, 9.17) is 5.73 Å². The van der Waals surface area contributed by atoms with Gasteiger partial charge in [-0.25, -0.2) is 0 Å². The van der Waals surface area contributed by atoms with Gasteiger partial charge in [0.1, 0.15) is 0 Å². The molecule has 1 aliphatic carbocycles. The molecular formula is C15H33N3. The largest absolute Gasteiger partial charge is 0.327 e. The summed E-state index contributed by atoms with van der Waals surface area (Å²) in [4.78, 5) is 4.88. The van der Waals surface area contributed by atoms with Crippen LogP contribution in [0.15, 0.2) is 0 Å². The molecule has 0 bridgehead atoms. The van der Waals surface area contributed by atoms with Gasteiger partial charge in [0.05, 0.1) is 0 Å². The van der Waals surface area contributed by atoms with Gasteiger partial charge in [-0.15, -0.1) is 0 Å². The van der Waals surface area contributed by atoms with E-state index >= 15 is 0 Å². The van der Waals surface area contributed by atoms with Crippen LogP contribution in [0.4, 0.5) is 0 Å². The number of hydrogen-bond donors (Lipinski definition) is 1. The van der Waals surface area contributed by atoms with Crippen LogP contribution in [0.25, 0.3) is 0 Å². The fourth-order valence-corrected chi connectivity index (χ4v) is 3.02. The summed E-state index contributed by atoms with van der Waals surface area (Å²) in [7, 11) is 4.30. The molecule has 1 saturated carbocycles. The van der Waals surface area contributed by atoms with E-state index in [1.54, 1.807) is 0 Å². The molecule has 0 radical (unpaired) electrons. The van der Waals surface area contributed by atoms with E-state index in [9.17, 15) is 0 Å². The van der Waals surface area contributed by atoms with E-state index in [0.717, 1.165) is 12.5 Å². The first-order valence-electron chi connectivity index (χ1n) is 7.65. The molecule has 3 heteroatoms. The van der Waals surface area contributed by atoms with Gasteiger partial charge in [0.25, 0.3) is 0 Å². The van der Waals surface area contributed by atoms with E-state index in [-0.39, 0.29) is 0 Å². The van der Waals surface area contributed by atoms with Gasteiger partial charge in [0.15, 0.2) is 0 Å². The van der Waals surface area contributed by atoms with Gasteiger partial charge >= 0.3 is 0 Å². The van der Waals surface area contributed by atoms with E-state index in [1.165, 1.54) is 45.3 Å². The van der Waals surface area contributed by atoms with Gasteiger partial charge in [-0.1, -0.05) is 13.8 Å². The van der Waals surface area contributed by atoms with E-state index in [0.29, 0.717) is 12.0 Å². The Morgan fingerprint density at radius 2 is 1.83 bits per heavy atom. The fraction of sp³-hybridized carbons (Fsp3) is 1.00. The minimum Gasteiger partial charge on any atom is -0.327 e. The molecule has 1 aliphatic rings. The molecule has 3 nitrogen and oxygen atoms in total. The van der Waals surface area contributed by atoms with Crippen LogP contribution in [0.5, 0.6) is 0 Å². The Hall–Kier alpha value is -0.120.